The second kappa shape index (κ2) is 12.4. The van der Waals surface area contributed by atoms with Gasteiger partial charge in [0.05, 0.1) is 0 Å². The van der Waals surface area contributed by atoms with E-state index in [9.17, 15) is 9.59 Å². The number of rotatable bonds is 8. The summed E-state index contributed by atoms with van der Waals surface area (Å²) in [6, 6.07) is 10.5. The van der Waals surface area contributed by atoms with Crippen LogP contribution in [0.5, 0.6) is 0 Å². The number of carbonyl (C=O) groups is 2. The quantitative estimate of drug-likeness (QED) is 0.295. The van der Waals surface area contributed by atoms with E-state index < -0.39 is 5.91 Å². The fourth-order valence-electron chi connectivity index (χ4n) is 3.27. The maximum Gasteiger partial charge on any atom is 0.267 e. The Hall–Kier alpha value is -3.18. The molecule has 158 valence electrons. The minimum absolute atomic E-state index is 0.0207. The number of amides is 2. The maximum absolute atomic E-state index is 12.4. The van der Waals surface area contributed by atoms with Crippen molar-refractivity contribution in [2.45, 2.75) is 26.2 Å². The zero-order chi connectivity index (χ0) is 21.8. The Bertz CT molecular complexity index is 842. The number of carbonyl (C=O) groups excluding carboxylic acids is 2. The second-order valence-corrected chi connectivity index (χ2v) is 7.45. The van der Waals surface area contributed by atoms with Crippen LogP contribution in [0.25, 0.3) is 0 Å². The van der Waals surface area contributed by atoms with Gasteiger partial charge in [-0.3, -0.25) is 14.8 Å². The Labute approximate surface area is 178 Å². The van der Waals surface area contributed by atoms with Crippen molar-refractivity contribution in [1.29, 1.82) is 0 Å². The lowest BCUT2D eigenvalue weighted by Gasteiger charge is -2.31. The standard InChI is InChI=1S/C25H30N2O3/c1-20(11-13-24(28)26-30)7-6-8-21(2)12-14-25(29)27-17-15-23(16-18-27)19-22-9-4-3-5-10-22/h3-14,23,30H,2,15-19H2,1H3,(H,26,28)/b8-6-,13-11+,14-12+,20-7+. The lowest BCUT2D eigenvalue weighted by molar-refractivity contribution is -0.127. The van der Waals surface area contributed by atoms with Gasteiger partial charge in [-0.25, -0.2) is 5.48 Å². The molecule has 1 fully saturated rings. The zero-order valence-electron chi connectivity index (χ0n) is 17.5. The van der Waals surface area contributed by atoms with Gasteiger partial charge in [-0.1, -0.05) is 72.9 Å². The van der Waals surface area contributed by atoms with E-state index in [0.29, 0.717) is 11.5 Å². The van der Waals surface area contributed by atoms with Crippen LogP contribution in [-0.4, -0.2) is 35.0 Å². The number of piperidine rings is 1. The Morgan fingerprint density at radius 2 is 1.80 bits per heavy atom. The Morgan fingerprint density at radius 1 is 1.10 bits per heavy atom. The van der Waals surface area contributed by atoms with Crippen LogP contribution in [0.1, 0.15) is 25.3 Å². The number of benzene rings is 1. The van der Waals surface area contributed by atoms with Crippen LogP contribution < -0.4 is 5.48 Å². The molecule has 1 aromatic rings. The molecule has 2 amide bonds. The van der Waals surface area contributed by atoms with E-state index in [0.717, 1.165) is 37.9 Å². The molecular formula is C25H30N2O3. The summed E-state index contributed by atoms with van der Waals surface area (Å²) in [5.74, 6) is 0.0694. The first-order chi connectivity index (χ1) is 14.5. The minimum Gasteiger partial charge on any atom is -0.339 e. The predicted octanol–water partition coefficient (Wildman–Crippen LogP) is 4.14. The van der Waals surface area contributed by atoms with Gasteiger partial charge in [0.25, 0.3) is 5.91 Å². The smallest absolute Gasteiger partial charge is 0.267 e. The normalized spacial score (nSPS) is 15.9. The van der Waals surface area contributed by atoms with Crippen molar-refractivity contribution in [2.24, 2.45) is 5.92 Å². The molecule has 0 aliphatic carbocycles. The van der Waals surface area contributed by atoms with Gasteiger partial charge in [-0.05, 0) is 43.2 Å². The summed E-state index contributed by atoms with van der Waals surface area (Å²) in [6.07, 6.45) is 14.6. The second-order valence-electron chi connectivity index (χ2n) is 7.45. The number of likely N-dealkylation sites (tertiary alicyclic amines) is 1. The molecule has 0 bridgehead atoms. The Balaban J connectivity index is 1.75. The molecule has 1 aliphatic rings. The highest BCUT2D eigenvalue weighted by Crippen LogP contribution is 2.21. The average molecular weight is 407 g/mol. The monoisotopic (exact) mass is 406 g/mol. The van der Waals surface area contributed by atoms with Crippen molar-refractivity contribution >= 4 is 11.8 Å². The number of hydrogen-bond donors (Lipinski definition) is 2. The summed E-state index contributed by atoms with van der Waals surface area (Å²) < 4.78 is 0. The summed E-state index contributed by atoms with van der Waals surface area (Å²) in [5.41, 5.74) is 4.44. The number of hydrogen-bond acceptors (Lipinski definition) is 3. The SMILES string of the molecule is C=C(\C=C/C=C(C)/C=C/C(=O)NO)/C=C/C(=O)N1CCC(Cc2ccccc2)CC1. The van der Waals surface area contributed by atoms with Gasteiger partial charge in [-0.15, -0.1) is 0 Å². The minimum atomic E-state index is -0.582. The third-order valence-corrected chi connectivity index (χ3v) is 5.01. The van der Waals surface area contributed by atoms with Crippen LogP contribution in [-0.2, 0) is 16.0 Å². The van der Waals surface area contributed by atoms with Crippen molar-refractivity contribution in [3.05, 3.63) is 96.2 Å². The molecule has 0 unspecified atom stereocenters. The van der Waals surface area contributed by atoms with E-state index in [-0.39, 0.29) is 5.91 Å². The summed E-state index contributed by atoms with van der Waals surface area (Å²) in [6.45, 7) is 7.34. The lowest BCUT2D eigenvalue weighted by Crippen LogP contribution is -2.38. The molecule has 1 aliphatic heterocycles. The van der Waals surface area contributed by atoms with E-state index in [1.807, 2.05) is 17.9 Å². The molecule has 1 saturated heterocycles. The summed E-state index contributed by atoms with van der Waals surface area (Å²) in [4.78, 5) is 25.2. The van der Waals surface area contributed by atoms with Gasteiger partial charge >= 0.3 is 0 Å². The van der Waals surface area contributed by atoms with E-state index >= 15 is 0 Å². The van der Waals surface area contributed by atoms with Crippen LogP contribution in [0.15, 0.2) is 90.6 Å². The summed E-state index contributed by atoms with van der Waals surface area (Å²) >= 11 is 0. The molecule has 1 aromatic carbocycles. The third kappa shape index (κ3) is 8.45. The first-order valence-electron chi connectivity index (χ1n) is 10.1. The predicted molar refractivity (Wildman–Crippen MR) is 120 cm³/mol. The molecule has 5 nitrogen and oxygen atoms in total. The van der Waals surface area contributed by atoms with E-state index in [4.69, 9.17) is 5.21 Å². The molecule has 0 aromatic heterocycles. The molecular weight excluding hydrogens is 376 g/mol. The number of allylic oxidation sites excluding steroid dienone is 7. The van der Waals surface area contributed by atoms with Gasteiger partial charge in [0, 0.05) is 25.2 Å². The van der Waals surface area contributed by atoms with Crippen LogP contribution in [0, 0.1) is 5.92 Å². The molecule has 0 atom stereocenters. The van der Waals surface area contributed by atoms with Crippen molar-refractivity contribution in [1.82, 2.24) is 10.4 Å². The Morgan fingerprint density at radius 3 is 2.47 bits per heavy atom. The first kappa shape index (κ1) is 23.1. The fourth-order valence-corrected chi connectivity index (χ4v) is 3.27. The molecule has 2 N–H and O–H groups in total. The van der Waals surface area contributed by atoms with E-state index in [2.05, 4.69) is 30.8 Å². The summed E-state index contributed by atoms with van der Waals surface area (Å²) in [5, 5.41) is 8.43. The first-order valence-corrected chi connectivity index (χ1v) is 10.1. The van der Waals surface area contributed by atoms with Crippen molar-refractivity contribution in [3.8, 4) is 0 Å². The van der Waals surface area contributed by atoms with Gasteiger partial charge < -0.3 is 4.90 Å². The van der Waals surface area contributed by atoms with Crippen molar-refractivity contribution in [2.75, 3.05) is 13.1 Å². The average Bonchev–Trinajstić information content (AvgIpc) is 2.77. The number of nitrogens with one attached hydrogen (secondary N) is 1. The molecule has 0 saturated carbocycles. The van der Waals surface area contributed by atoms with Gasteiger partial charge in [0.1, 0.15) is 0 Å². The van der Waals surface area contributed by atoms with Crippen LogP contribution in [0.4, 0.5) is 0 Å². The van der Waals surface area contributed by atoms with Crippen LogP contribution >= 0.6 is 0 Å². The topological polar surface area (TPSA) is 69.6 Å². The van der Waals surface area contributed by atoms with Gasteiger partial charge in [0.15, 0.2) is 0 Å². The van der Waals surface area contributed by atoms with E-state index in [1.165, 1.54) is 17.1 Å². The Kier molecular flexibility index (Phi) is 9.55. The molecule has 0 radical (unpaired) electrons. The number of hydroxylamine groups is 1. The van der Waals surface area contributed by atoms with Gasteiger partial charge in [0.2, 0.25) is 5.91 Å². The fraction of sp³-hybridized carbons (Fsp3) is 0.280. The van der Waals surface area contributed by atoms with Crippen molar-refractivity contribution < 1.29 is 14.8 Å². The highest BCUT2D eigenvalue weighted by Gasteiger charge is 2.21. The van der Waals surface area contributed by atoms with Crippen LogP contribution in [0.3, 0.4) is 0 Å². The lowest BCUT2D eigenvalue weighted by atomic mass is 9.90. The maximum atomic E-state index is 12.4. The molecule has 5 heteroatoms. The van der Waals surface area contributed by atoms with Crippen LogP contribution in [0.2, 0.25) is 0 Å². The van der Waals surface area contributed by atoms with Gasteiger partial charge in [-0.2, -0.15) is 0 Å². The molecule has 0 spiro atoms. The largest absolute Gasteiger partial charge is 0.339 e. The highest BCUT2D eigenvalue weighted by molar-refractivity contribution is 5.88. The third-order valence-electron chi connectivity index (χ3n) is 5.01. The zero-order valence-corrected chi connectivity index (χ0v) is 17.5. The molecule has 1 heterocycles. The highest BCUT2D eigenvalue weighted by atomic mass is 16.5. The number of nitrogens with zero attached hydrogens (tertiary/aromatic N) is 1. The van der Waals surface area contributed by atoms with Crippen molar-refractivity contribution in [3.63, 3.8) is 0 Å². The van der Waals surface area contributed by atoms with E-state index in [1.54, 1.807) is 36.5 Å². The molecule has 2 rings (SSSR count). The summed E-state index contributed by atoms with van der Waals surface area (Å²) in [7, 11) is 0. The molecule has 30 heavy (non-hydrogen) atoms.